The van der Waals surface area contributed by atoms with E-state index in [4.69, 9.17) is 4.74 Å². The standard InChI is InChI=1S/C12H17FNO2P/c1-17-14-7-10(15)12-4-2-8-6-9(13)3-5-11(8)16-12/h3,5-6,10,12,14-15,17H,2,4,7H2,1H3/t10-,12?/m0/s1. The minimum absolute atomic E-state index is 0.197. The Morgan fingerprint density at radius 1 is 1.65 bits per heavy atom. The van der Waals surface area contributed by atoms with Crippen molar-refractivity contribution in [2.24, 2.45) is 0 Å². The van der Waals surface area contributed by atoms with Crippen LogP contribution in [0.1, 0.15) is 12.0 Å². The summed E-state index contributed by atoms with van der Waals surface area (Å²) >= 11 is 0. The van der Waals surface area contributed by atoms with Gasteiger partial charge in [0.1, 0.15) is 23.8 Å². The fourth-order valence-electron chi connectivity index (χ4n) is 1.99. The molecule has 0 aromatic heterocycles. The lowest BCUT2D eigenvalue weighted by Crippen LogP contribution is -2.40. The van der Waals surface area contributed by atoms with E-state index in [1.54, 1.807) is 6.07 Å². The van der Waals surface area contributed by atoms with Gasteiger partial charge in [-0.05, 0) is 43.3 Å². The first-order chi connectivity index (χ1) is 8.20. The van der Waals surface area contributed by atoms with Gasteiger partial charge in [-0.15, -0.1) is 0 Å². The lowest BCUT2D eigenvalue weighted by atomic mass is 9.99. The highest BCUT2D eigenvalue weighted by atomic mass is 31.1. The van der Waals surface area contributed by atoms with Gasteiger partial charge < -0.3 is 9.84 Å². The molecular weight excluding hydrogens is 240 g/mol. The molecule has 0 aliphatic carbocycles. The zero-order valence-electron chi connectivity index (χ0n) is 9.74. The molecule has 1 aliphatic heterocycles. The van der Waals surface area contributed by atoms with Crippen LogP contribution in [-0.4, -0.2) is 30.5 Å². The van der Waals surface area contributed by atoms with Crippen LogP contribution in [0.25, 0.3) is 0 Å². The van der Waals surface area contributed by atoms with Gasteiger partial charge in [0.05, 0.1) is 0 Å². The number of halogens is 1. The Morgan fingerprint density at radius 2 is 2.47 bits per heavy atom. The van der Waals surface area contributed by atoms with Gasteiger partial charge in [0.25, 0.3) is 0 Å². The first kappa shape index (κ1) is 12.7. The van der Waals surface area contributed by atoms with Crippen molar-refractivity contribution in [1.82, 2.24) is 5.09 Å². The molecule has 94 valence electrons. The van der Waals surface area contributed by atoms with E-state index in [0.29, 0.717) is 21.0 Å². The van der Waals surface area contributed by atoms with Crippen molar-refractivity contribution in [2.75, 3.05) is 13.2 Å². The average molecular weight is 257 g/mol. The largest absolute Gasteiger partial charge is 0.487 e. The van der Waals surface area contributed by atoms with Crippen molar-refractivity contribution >= 4 is 8.73 Å². The summed E-state index contributed by atoms with van der Waals surface area (Å²) in [5.41, 5.74) is 0.888. The van der Waals surface area contributed by atoms with E-state index in [0.717, 1.165) is 18.4 Å². The van der Waals surface area contributed by atoms with Crippen molar-refractivity contribution in [3.63, 3.8) is 0 Å². The SMILES string of the molecule is CPNC[C@H](O)C1CCc2cc(F)ccc2O1. The summed E-state index contributed by atoms with van der Waals surface area (Å²) in [6, 6.07) is 4.53. The predicted molar refractivity (Wildman–Crippen MR) is 67.4 cm³/mol. The summed E-state index contributed by atoms with van der Waals surface area (Å²) in [6.07, 6.45) is 0.771. The third-order valence-electron chi connectivity index (χ3n) is 2.92. The molecule has 3 nitrogen and oxygen atoms in total. The molecule has 0 saturated carbocycles. The highest BCUT2D eigenvalue weighted by molar-refractivity contribution is 7.34. The Hall–Kier alpha value is -0.700. The van der Waals surface area contributed by atoms with E-state index in [1.807, 2.05) is 6.66 Å². The Labute approximate surface area is 102 Å². The number of nitrogens with one attached hydrogen (secondary N) is 1. The second-order valence-corrected chi connectivity index (χ2v) is 5.00. The van der Waals surface area contributed by atoms with Crippen molar-refractivity contribution in [3.05, 3.63) is 29.6 Å². The quantitative estimate of drug-likeness (QED) is 0.807. The molecule has 1 aromatic carbocycles. The first-order valence-corrected chi connectivity index (χ1v) is 7.23. The van der Waals surface area contributed by atoms with Gasteiger partial charge in [0.2, 0.25) is 0 Å². The van der Waals surface area contributed by atoms with E-state index >= 15 is 0 Å². The molecule has 0 fully saturated rings. The smallest absolute Gasteiger partial charge is 0.126 e. The van der Waals surface area contributed by atoms with Crippen LogP contribution in [-0.2, 0) is 6.42 Å². The van der Waals surface area contributed by atoms with Gasteiger partial charge in [0, 0.05) is 6.54 Å². The highest BCUT2D eigenvalue weighted by Crippen LogP contribution is 2.29. The van der Waals surface area contributed by atoms with Gasteiger partial charge >= 0.3 is 0 Å². The fraction of sp³-hybridized carbons (Fsp3) is 0.500. The third kappa shape index (κ3) is 3.15. The molecule has 0 saturated heterocycles. The second-order valence-electron chi connectivity index (χ2n) is 4.15. The van der Waals surface area contributed by atoms with Gasteiger partial charge in [0.15, 0.2) is 0 Å². The van der Waals surface area contributed by atoms with Gasteiger partial charge in [-0.25, -0.2) is 4.39 Å². The molecule has 2 N–H and O–H groups in total. The normalized spacial score (nSPS) is 21.2. The number of ether oxygens (including phenoxy) is 1. The summed E-state index contributed by atoms with van der Waals surface area (Å²) in [5.74, 6) is 0.459. The number of hydrogen-bond donors (Lipinski definition) is 2. The number of fused-ring (bicyclic) bond motifs is 1. The van der Waals surface area contributed by atoms with Crippen LogP contribution in [0.2, 0.25) is 0 Å². The van der Waals surface area contributed by atoms with Crippen molar-refractivity contribution in [1.29, 1.82) is 0 Å². The Morgan fingerprint density at radius 3 is 3.24 bits per heavy atom. The van der Waals surface area contributed by atoms with Gasteiger partial charge in [-0.1, -0.05) is 8.73 Å². The summed E-state index contributed by atoms with van der Waals surface area (Å²) in [6.45, 7) is 2.56. The molecule has 0 amide bonds. The summed E-state index contributed by atoms with van der Waals surface area (Å²) in [5, 5.41) is 13.0. The Balaban J connectivity index is 2.00. The fourth-order valence-corrected chi connectivity index (χ4v) is 2.40. The van der Waals surface area contributed by atoms with E-state index in [1.165, 1.54) is 12.1 Å². The lowest BCUT2D eigenvalue weighted by Gasteiger charge is -2.29. The Kier molecular flexibility index (Phi) is 4.32. The molecule has 17 heavy (non-hydrogen) atoms. The van der Waals surface area contributed by atoms with Crippen LogP contribution in [0.4, 0.5) is 4.39 Å². The molecule has 2 rings (SSSR count). The minimum Gasteiger partial charge on any atom is -0.487 e. The molecule has 0 radical (unpaired) electrons. The summed E-state index contributed by atoms with van der Waals surface area (Å²) in [7, 11) is 0.611. The zero-order chi connectivity index (χ0) is 12.3. The maximum Gasteiger partial charge on any atom is 0.126 e. The Bertz CT molecular complexity index is 389. The van der Waals surface area contributed by atoms with Crippen LogP contribution >= 0.6 is 8.73 Å². The second kappa shape index (κ2) is 5.76. The van der Waals surface area contributed by atoms with Crippen molar-refractivity contribution < 1.29 is 14.2 Å². The molecule has 5 heteroatoms. The molecule has 3 atom stereocenters. The summed E-state index contributed by atoms with van der Waals surface area (Å²) < 4.78 is 18.7. The molecule has 0 bridgehead atoms. The number of benzene rings is 1. The van der Waals surface area contributed by atoms with Crippen molar-refractivity contribution in [2.45, 2.75) is 25.0 Å². The third-order valence-corrected chi connectivity index (χ3v) is 3.47. The number of aliphatic hydroxyl groups is 1. The van der Waals surface area contributed by atoms with Crippen LogP contribution in [0.15, 0.2) is 18.2 Å². The van der Waals surface area contributed by atoms with E-state index in [2.05, 4.69) is 5.09 Å². The van der Waals surface area contributed by atoms with Crippen LogP contribution in [0, 0.1) is 5.82 Å². The molecule has 1 heterocycles. The molecule has 0 spiro atoms. The van der Waals surface area contributed by atoms with Crippen LogP contribution in [0.3, 0.4) is 0 Å². The maximum absolute atomic E-state index is 13.0. The lowest BCUT2D eigenvalue weighted by molar-refractivity contribution is 0.0277. The topological polar surface area (TPSA) is 41.5 Å². The first-order valence-electron chi connectivity index (χ1n) is 5.73. The van der Waals surface area contributed by atoms with Crippen molar-refractivity contribution in [3.8, 4) is 5.75 Å². The number of aryl methyl sites for hydroxylation is 1. The molecule has 1 aromatic rings. The molecular formula is C12H17FNO2P. The van der Waals surface area contributed by atoms with Crippen LogP contribution in [0.5, 0.6) is 5.75 Å². The monoisotopic (exact) mass is 257 g/mol. The number of aliphatic hydroxyl groups excluding tert-OH is 1. The van der Waals surface area contributed by atoms with Gasteiger partial charge in [-0.2, -0.15) is 0 Å². The van der Waals surface area contributed by atoms with E-state index in [9.17, 15) is 9.50 Å². The summed E-state index contributed by atoms with van der Waals surface area (Å²) in [4.78, 5) is 0. The maximum atomic E-state index is 13.0. The van der Waals surface area contributed by atoms with Crippen LogP contribution < -0.4 is 9.82 Å². The predicted octanol–water partition coefficient (Wildman–Crippen LogP) is 1.69. The minimum atomic E-state index is -0.513. The average Bonchev–Trinajstić information content (AvgIpc) is 2.35. The molecule has 1 aliphatic rings. The van der Waals surface area contributed by atoms with E-state index < -0.39 is 6.10 Å². The number of hydrogen-bond acceptors (Lipinski definition) is 3. The highest BCUT2D eigenvalue weighted by Gasteiger charge is 2.26. The number of rotatable bonds is 4. The van der Waals surface area contributed by atoms with E-state index in [-0.39, 0.29) is 11.9 Å². The molecule has 2 unspecified atom stereocenters. The van der Waals surface area contributed by atoms with Gasteiger partial charge in [-0.3, -0.25) is 5.09 Å². The zero-order valence-corrected chi connectivity index (χ0v) is 10.7.